The molecular weight excluding hydrogens is 264 g/mol. The van der Waals surface area contributed by atoms with Gasteiger partial charge in [0, 0.05) is 22.2 Å². The summed E-state index contributed by atoms with van der Waals surface area (Å²) in [5.41, 5.74) is -0.0394. The average molecular weight is 301 g/mol. The zero-order valence-corrected chi connectivity index (χ0v) is 16.6. The van der Waals surface area contributed by atoms with Crippen molar-refractivity contribution < 1.29 is 0 Å². The number of rotatable bonds is 0. The van der Waals surface area contributed by atoms with Gasteiger partial charge in [-0.05, 0) is 95.3 Å². The lowest BCUT2D eigenvalue weighted by Crippen LogP contribution is -2.66. The molecule has 0 atom stereocenters. The van der Waals surface area contributed by atoms with Crippen LogP contribution in [0.4, 0.5) is 0 Å². The number of hydrogen-bond donors (Lipinski definition) is 0. The third kappa shape index (κ3) is 4.91. The second-order valence-electron chi connectivity index (χ2n) is 9.64. The molecule has 20 heavy (non-hydrogen) atoms. The van der Waals surface area contributed by atoms with Crippen LogP contribution in [0.15, 0.2) is 0 Å². The summed E-state index contributed by atoms with van der Waals surface area (Å²) < 4.78 is 0. The van der Waals surface area contributed by atoms with Crippen molar-refractivity contribution in [3.63, 3.8) is 0 Å². The van der Waals surface area contributed by atoms with E-state index in [1.807, 2.05) is 0 Å². The summed E-state index contributed by atoms with van der Waals surface area (Å²) >= 11 is 5.94. The quantitative estimate of drug-likeness (QED) is 0.577. The van der Waals surface area contributed by atoms with Gasteiger partial charge < -0.3 is 9.80 Å². The van der Waals surface area contributed by atoms with Gasteiger partial charge >= 0.3 is 0 Å². The molecule has 0 heterocycles. The summed E-state index contributed by atoms with van der Waals surface area (Å²) in [4.78, 5) is 4.73. The first-order valence-electron chi connectivity index (χ1n) is 7.55. The maximum absolute atomic E-state index is 5.94. The third-order valence-electron chi connectivity index (χ3n) is 3.07. The molecule has 0 saturated carbocycles. The van der Waals surface area contributed by atoms with Crippen molar-refractivity contribution in [2.75, 3.05) is 0 Å². The lowest BCUT2D eigenvalue weighted by atomic mass is 9.93. The maximum atomic E-state index is 5.94. The minimum Gasteiger partial charge on any atom is -0.339 e. The van der Waals surface area contributed by atoms with Crippen molar-refractivity contribution >= 4 is 17.3 Å². The van der Waals surface area contributed by atoms with Crippen LogP contribution >= 0.6 is 12.2 Å². The third-order valence-corrected chi connectivity index (χ3v) is 3.43. The zero-order valence-electron chi connectivity index (χ0n) is 15.8. The first-order valence-corrected chi connectivity index (χ1v) is 7.95. The molecule has 3 heteroatoms. The van der Waals surface area contributed by atoms with Gasteiger partial charge in [0.05, 0.1) is 0 Å². The maximum Gasteiger partial charge on any atom is 0.173 e. The van der Waals surface area contributed by atoms with E-state index in [1.54, 1.807) is 0 Å². The highest BCUT2D eigenvalue weighted by Gasteiger charge is 2.41. The monoisotopic (exact) mass is 300 g/mol. The van der Waals surface area contributed by atoms with E-state index in [-0.39, 0.29) is 22.2 Å². The Morgan fingerprint density at radius 1 is 0.500 bits per heavy atom. The van der Waals surface area contributed by atoms with E-state index in [1.165, 1.54) is 0 Å². The van der Waals surface area contributed by atoms with Crippen LogP contribution in [0.1, 0.15) is 83.1 Å². The molecule has 120 valence electrons. The second-order valence-corrected chi connectivity index (χ2v) is 10.0. The Morgan fingerprint density at radius 3 is 0.750 bits per heavy atom. The molecule has 0 aliphatic heterocycles. The fourth-order valence-electron chi connectivity index (χ4n) is 3.26. The second kappa shape index (κ2) is 5.47. The highest BCUT2D eigenvalue weighted by atomic mass is 32.1. The molecule has 0 spiro atoms. The summed E-state index contributed by atoms with van der Waals surface area (Å²) in [7, 11) is 0. The van der Waals surface area contributed by atoms with Gasteiger partial charge in [-0.3, -0.25) is 0 Å². The highest BCUT2D eigenvalue weighted by molar-refractivity contribution is 7.80. The summed E-state index contributed by atoms with van der Waals surface area (Å²) in [6, 6.07) is 0. The molecule has 0 aliphatic rings. The summed E-state index contributed by atoms with van der Waals surface area (Å²) in [5.74, 6) is 0. The number of thiocarbonyl (C=S) groups is 1. The van der Waals surface area contributed by atoms with Crippen LogP contribution in [0.5, 0.6) is 0 Å². The SMILES string of the molecule is CC(C)(C)N(C(=S)N(C(C)(C)C)C(C)(C)C)C(C)(C)C. The van der Waals surface area contributed by atoms with Crippen LogP contribution < -0.4 is 0 Å². The van der Waals surface area contributed by atoms with E-state index in [9.17, 15) is 0 Å². The Labute approximate surface area is 132 Å². The lowest BCUT2D eigenvalue weighted by Gasteiger charge is -2.56. The van der Waals surface area contributed by atoms with Gasteiger partial charge in [-0.2, -0.15) is 0 Å². The van der Waals surface area contributed by atoms with Crippen molar-refractivity contribution in [2.24, 2.45) is 0 Å². The van der Waals surface area contributed by atoms with Gasteiger partial charge in [0.1, 0.15) is 0 Å². The molecule has 0 unspecified atom stereocenters. The van der Waals surface area contributed by atoms with Gasteiger partial charge in [-0.1, -0.05) is 0 Å². The number of hydrogen-bond acceptors (Lipinski definition) is 1. The predicted octanol–water partition coefficient (Wildman–Crippen LogP) is 5.07. The van der Waals surface area contributed by atoms with Gasteiger partial charge in [0.2, 0.25) is 0 Å². The summed E-state index contributed by atoms with van der Waals surface area (Å²) in [6.45, 7) is 26.8. The van der Waals surface area contributed by atoms with Crippen LogP contribution in [0.2, 0.25) is 0 Å². The molecule has 0 saturated heterocycles. The standard InChI is InChI=1S/C17H36N2S/c1-14(2,3)18(15(4,5)6)13(20)19(16(7,8)9)17(10,11)12/h1-12H3. The Morgan fingerprint density at radius 2 is 0.650 bits per heavy atom. The molecule has 2 nitrogen and oxygen atoms in total. The smallest absolute Gasteiger partial charge is 0.173 e. The van der Waals surface area contributed by atoms with E-state index in [4.69, 9.17) is 12.2 Å². The molecule has 0 bridgehead atoms. The molecule has 0 rings (SSSR count). The van der Waals surface area contributed by atoms with Crippen LogP contribution in [-0.2, 0) is 0 Å². The van der Waals surface area contributed by atoms with Gasteiger partial charge in [-0.25, -0.2) is 0 Å². The van der Waals surface area contributed by atoms with Gasteiger partial charge in [-0.15, -0.1) is 0 Å². The summed E-state index contributed by atoms with van der Waals surface area (Å²) in [6.07, 6.45) is 0. The number of nitrogens with zero attached hydrogens (tertiary/aromatic N) is 2. The van der Waals surface area contributed by atoms with Crippen LogP contribution in [-0.4, -0.2) is 37.1 Å². The molecule has 0 radical (unpaired) electrons. The molecule has 0 aromatic carbocycles. The van der Waals surface area contributed by atoms with Gasteiger partial charge in [0.25, 0.3) is 0 Å². The first kappa shape index (κ1) is 19.7. The van der Waals surface area contributed by atoms with Crippen molar-refractivity contribution in [3.05, 3.63) is 0 Å². The zero-order chi connectivity index (χ0) is 16.7. The minimum absolute atomic E-state index is 0.00984. The van der Waals surface area contributed by atoms with Gasteiger partial charge in [0.15, 0.2) is 5.11 Å². The van der Waals surface area contributed by atoms with E-state index in [0.717, 1.165) is 5.11 Å². The molecule has 0 aliphatic carbocycles. The Balaban J connectivity index is 5.89. The Hall–Kier alpha value is -0.310. The fourth-order valence-corrected chi connectivity index (χ4v) is 4.36. The molecule has 0 aromatic heterocycles. The highest BCUT2D eigenvalue weighted by Crippen LogP contribution is 2.33. The van der Waals surface area contributed by atoms with E-state index >= 15 is 0 Å². The van der Waals surface area contributed by atoms with Crippen molar-refractivity contribution in [2.45, 2.75) is 105 Å². The van der Waals surface area contributed by atoms with Crippen molar-refractivity contribution in [1.29, 1.82) is 0 Å². The first-order chi connectivity index (χ1) is 8.40. The molecule has 0 amide bonds. The lowest BCUT2D eigenvalue weighted by molar-refractivity contribution is 0.0557. The van der Waals surface area contributed by atoms with Crippen LogP contribution in [0, 0.1) is 0 Å². The molecular formula is C17H36N2S. The molecule has 0 fully saturated rings. The molecule has 0 aromatic rings. The normalized spacial score (nSPS) is 14.2. The van der Waals surface area contributed by atoms with Crippen LogP contribution in [0.25, 0.3) is 0 Å². The minimum atomic E-state index is -0.00984. The largest absolute Gasteiger partial charge is 0.339 e. The Kier molecular flexibility index (Phi) is 5.39. The Bertz CT molecular complexity index is 283. The van der Waals surface area contributed by atoms with Crippen molar-refractivity contribution in [3.8, 4) is 0 Å². The fraction of sp³-hybridized carbons (Fsp3) is 0.941. The molecule has 0 N–H and O–H groups in total. The average Bonchev–Trinajstić information content (AvgIpc) is 1.88. The van der Waals surface area contributed by atoms with Crippen LogP contribution in [0.3, 0.4) is 0 Å². The van der Waals surface area contributed by atoms with Crippen molar-refractivity contribution in [1.82, 2.24) is 9.80 Å². The van der Waals surface area contributed by atoms with E-state index in [2.05, 4.69) is 92.9 Å². The predicted molar refractivity (Wildman–Crippen MR) is 95.3 cm³/mol. The topological polar surface area (TPSA) is 6.48 Å². The van der Waals surface area contributed by atoms with E-state index < -0.39 is 0 Å². The van der Waals surface area contributed by atoms with E-state index in [0.29, 0.717) is 0 Å². The summed E-state index contributed by atoms with van der Waals surface area (Å²) in [5, 5.41) is 0.935.